The fourth-order valence-corrected chi connectivity index (χ4v) is 9.45. The number of aromatic hydroxyl groups is 1. The first-order chi connectivity index (χ1) is 32.9. The fraction of sp³-hybridized carbons (Fsp3) is 0.286. The van der Waals surface area contributed by atoms with Gasteiger partial charge in [-0.05, 0) is 98.8 Å². The zero-order valence-corrected chi connectivity index (χ0v) is 37.2. The van der Waals surface area contributed by atoms with Gasteiger partial charge in [-0.3, -0.25) is 49.1 Å². The summed E-state index contributed by atoms with van der Waals surface area (Å²) in [5.74, 6) is 1.46. The van der Waals surface area contributed by atoms with E-state index in [4.69, 9.17) is 0 Å². The number of phenols is 1. The highest BCUT2D eigenvalue weighted by Gasteiger charge is 2.46. The summed E-state index contributed by atoms with van der Waals surface area (Å²) in [5.41, 5.74) is 3.21. The number of benzene rings is 3. The zero-order chi connectivity index (χ0) is 47.5. The van der Waals surface area contributed by atoms with Crippen molar-refractivity contribution in [3.05, 3.63) is 135 Å². The number of hydrogen-bond acceptors (Lipinski definition) is 13. The molecule has 2 aromatic heterocycles. The van der Waals surface area contributed by atoms with E-state index in [1.165, 1.54) is 28.6 Å². The molecule has 0 bridgehead atoms. The fourth-order valence-electron chi connectivity index (χ4n) is 8.92. The molecule has 68 heavy (non-hydrogen) atoms. The Kier molecular flexibility index (Phi) is 13.0. The quantitative estimate of drug-likeness (QED) is 0.0621. The smallest absolute Gasteiger partial charge is 0.270 e. The van der Waals surface area contributed by atoms with Crippen LogP contribution in [0.1, 0.15) is 108 Å². The Morgan fingerprint density at radius 1 is 0.897 bits per heavy atom. The third-order valence-electron chi connectivity index (χ3n) is 12.4. The van der Waals surface area contributed by atoms with Gasteiger partial charge in [-0.15, -0.1) is 11.3 Å². The second-order valence-electron chi connectivity index (χ2n) is 16.8. The highest BCUT2D eigenvalue weighted by atomic mass is 32.1. The van der Waals surface area contributed by atoms with E-state index in [0.717, 1.165) is 68.4 Å². The average Bonchev–Trinajstić information content (AvgIpc) is 4.03. The maximum atomic E-state index is 14.4. The highest BCUT2D eigenvalue weighted by Crippen LogP contribution is 2.37. The number of nitrogens with zero attached hydrogens (tertiary/aromatic N) is 5. The van der Waals surface area contributed by atoms with Crippen molar-refractivity contribution in [1.29, 1.82) is 0 Å². The number of unbranched alkanes of at least 4 members (excludes halogenated alkanes) is 1. The average molecular weight is 938 g/mol. The number of piperidine rings is 2. The Morgan fingerprint density at radius 2 is 1.71 bits per heavy atom. The van der Waals surface area contributed by atoms with Gasteiger partial charge in [0.2, 0.25) is 11.8 Å². The number of nitrogens with one attached hydrogen (secondary N) is 4. The number of likely N-dealkylation sites (tertiary alicyclic amines) is 1. The first-order valence-corrected chi connectivity index (χ1v) is 23.0. The van der Waals surface area contributed by atoms with Crippen LogP contribution < -0.4 is 21.3 Å². The van der Waals surface area contributed by atoms with E-state index in [1.807, 2.05) is 0 Å². The van der Waals surface area contributed by atoms with E-state index in [2.05, 4.69) is 48.0 Å². The number of hydrogen-bond donors (Lipinski definition) is 5. The number of anilines is 2. The van der Waals surface area contributed by atoms with Crippen LogP contribution in [0.15, 0.2) is 84.5 Å². The standard InChI is InChI=1S/C49H44FN9O8S/c50-31-11-14-39(60)35(25-31)42(45(64)56-49-52-19-23-68-49)58-27-30-10-8-28(24-34(30)46(58)65)6-7-29-9-12-37(53-26-29)43(62)54-32-16-21-57(22-17-32)20-2-1-18-51-36-5-3-4-33-41(36)48(67)59(47(33)66)38-13-15-40(61)55-44(38)63/h3-5,8-12,14,19,23-26,32,38,42,51,60H,1-2,13,15-18,20-22,27H2,(H,54,62)(H,52,56,64)(H,55,61,63). The van der Waals surface area contributed by atoms with Gasteiger partial charge in [0.1, 0.15) is 29.3 Å². The van der Waals surface area contributed by atoms with Gasteiger partial charge in [-0.1, -0.05) is 24.0 Å². The molecule has 0 radical (unpaired) electrons. The molecule has 5 N–H and O–H groups in total. The number of carbonyl (C=O) groups is 7. The lowest BCUT2D eigenvalue weighted by molar-refractivity contribution is -0.136. The molecule has 4 aliphatic rings. The van der Waals surface area contributed by atoms with Crippen LogP contribution in [0.2, 0.25) is 0 Å². The minimum absolute atomic E-state index is 0.0116. The lowest BCUT2D eigenvalue weighted by Gasteiger charge is -2.32. The van der Waals surface area contributed by atoms with Gasteiger partial charge < -0.3 is 25.5 Å². The number of halogens is 1. The third-order valence-corrected chi connectivity index (χ3v) is 13.1. The van der Waals surface area contributed by atoms with Crippen molar-refractivity contribution in [2.75, 3.05) is 36.8 Å². The molecule has 7 amide bonds. The number of phenolic OH excluding ortho intramolecular Hbond substituents is 1. The zero-order valence-electron chi connectivity index (χ0n) is 36.4. The predicted molar refractivity (Wildman–Crippen MR) is 246 cm³/mol. The second-order valence-corrected chi connectivity index (χ2v) is 17.7. The summed E-state index contributed by atoms with van der Waals surface area (Å²) in [6.07, 6.45) is 6.41. The van der Waals surface area contributed by atoms with Crippen molar-refractivity contribution < 1.29 is 43.1 Å². The van der Waals surface area contributed by atoms with E-state index in [1.54, 1.807) is 53.9 Å². The SMILES string of the molecule is O=C1CCC(N2C(=O)c3cccc(NCCCCN4CCC(NC(=O)c5ccc(C#Cc6ccc7c(c6)C(=O)N(C(C(=O)Nc6nccs6)c6cc(F)ccc6O)C7)cn5)CC4)c3C2=O)C(=O)N1. The molecule has 19 heteroatoms. The van der Waals surface area contributed by atoms with Gasteiger partial charge in [0, 0.05) is 84.4 Å². The minimum atomic E-state index is -1.36. The summed E-state index contributed by atoms with van der Waals surface area (Å²) in [6, 6.07) is 14.3. The maximum absolute atomic E-state index is 14.4. The van der Waals surface area contributed by atoms with Gasteiger partial charge in [0.25, 0.3) is 29.5 Å². The van der Waals surface area contributed by atoms with Crippen LogP contribution in [0, 0.1) is 17.7 Å². The van der Waals surface area contributed by atoms with Crippen molar-refractivity contribution in [1.82, 2.24) is 35.3 Å². The molecule has 5 aromatic rings. The number of fused-ring (bicyclic) bond motifs is 2. The first kappa shape index (κ1) is 45.3. The van der Waals surface area contributed by atoms with Crippen LogP contribution in [0.3, 0.4) is 0 Å². The normalized spacial score (nSPS) is 17.5. The van der Waals surface area contributed by atoms with Crippen LogP contribution in [0.5, 0.6) is 5.75 Å². The molecular formula is C49H44FN9O8S. The topological polar surface area (TPSA) is 223 Å². The van der Waals surface area contributed by atoms with Gasteiger partial charge >= 0.3 is 0 Å². The van der Waals surface area contributed by atoms with Gasteiger partial charge in [0.15, 0.2) is 5.13 Å². The summed E-state index contributed by atoms with van der Waals surface area (Å²) in [5, 5.41) is 23.9. The summed E-state index contributed by atoms with van der Waals surface area (Å²) >= 11 is 1.18. The molecule has 9 rings (SSSR count). The molecule has 346 valence electrons. The maximum Gasteiger partial charge on any atom is 0.270 e. The molecule has 6 heterocycles. The molecular weight excluding hydrogens is 894 g/mol. The molecule has 0 spiro atoms. The largest absolute Gasteiger partial charge is 0.508 e. The van der Waals surface area contributed by atoms with Crippen LogP contribution in [0.4, 0.5) is 15.2 Å². The summed E-state index contributed by atoms with van der Waals surface area (Å²) in [6.45, 7) is 3.08. The van der Waals surface area contributed by atoms with Crippen LogP contribution in [-0.4, -0.2) is 109 Å². The Hall–Kier alpha value is -7.82. The van der Waals surface area contributed by atoms with E-state index in [-0.39, 0.29) is 64.6 Å². The number of imide groups is 2. The van der Waals surface area contributed by atoms with Crippen molar-refractivity contribution in [2.24, 2.45) is 0 Å². The van der Waals surface area contributed by atoms with Crippen molar-refractivity contribution >= 4 is 63.5 Å². The summed E-state index contributed by atoms with van der Waals surface area (Å²) in [7, 11) is 0. The van der Waals surface area contributed by atoms with Crippen LogP contribution in [0.25, 0.3) is 0 Å². The van der Waals surface area contributed by atoms with E-state index in [9.17, 15) is 43.1 Å². The third kappa shape index (κ3) is 9.54. The molecule has 4 aliphatic heterocycles. The van der Waals surface area contributed by atoms with Gasteiger partial charge in [-0.2, -0.15) is 0 Å². The van der Waals surface area contributed by atoms with Gasteiger partial charge in [-0.25, -0.2) is 14.4 Å². The second kappa shape index (κ2) is 19.6. The van der Waals surface area contributed by atoms with Crippen molar-refractivity contribution in [3.8, 4) is 17.6 Å². The van der Waals surface area contributed by atoms with Crippen LogP contribution >= 0.6 is 11.3 Å². The first-order valence-electron chi connectivity index (χ1n) is 22.1. The molecule has 0 saturated carbocycles. The monoisotopic (exact) mass is 937 g/mol. The highest BCUT2D eigenvalue weighted by molar-refractivity contribution is 7.13. The molecule has 2 fully saturated rings. The predicted octanol–water partition coefficient (Wildman–Crippen LogP) is 4.61. The Balaban J connectivity index is 0.728. The summed E-state index contributed by atoms with van der Waals surface area (Å²) < 4.78 is 14.4. The number of amides is 7. The number of carbonyl (C=O) groups excluding carboxylic acids is 7. The molecule has 3 aromatic carbocycles. The van der Waals surface area contributed by atoms with Crippen LogP contribution in [-0.2, 0) is 20.9 Å². The van der Waals surface area contributed by atoms with Crippen molar-refractivity contribution in [3.63, 3.8) is 0 Å². The molecule has 17 nitrogen and oxygen atoms in total. The molecule has 0 aliphatic carbocycles. The number of pyridine rings is 1. The number of aromatic nitrogens is 2. The lowest BCUT2D eigenvalue weighted by Crippen LogP contribution is -2.54. The molecule has 2 saturated heterocycles. The Bertz CT molecular complexity index is 2910. The van der Waals surface area contributed by atoms with Gasteiger partial charge in [0.05, 0.1) is 11.1 Å². The lowest BCUT2D eigenvalue weighted by atomic mass is 10.0. The number of thiazole rings is 1. The van der Waals surface area contributed by atoms with E-state index >= 15 is 0 Å². The number of rotatable bonds is 13. The summed E-state index contributed by atoms with van der Waals surface area (Å²) in [4.78, 5) is 104. The Labute approximate surface area is 393 Å². The van der Waals surface area contributed by atoms with E-state index in [0.29, 0.717) is 34.5 Å². The minimum Gasteiger partial charge on any atom is -0.508 e. The van der Waals surface area contributed by atoms with Crippen molar-refractivity contribution in [2.45, 2.75) is 63.2 Å². The Morgan fingerprint density at radius 3 is 2.47 bits per heavy atom. The molecule has 2 unspecified atom stereocenters. The molecule has 2 atom stereocenters. The van der Waals surface area contributed by atoms with E-state index < -0.39 is 53.3 Å².